The van der Waals surface area contributed by atoms with E-state index in [1.54, 1.807) is 12.1 Å². The highest BCUT2D eigenvalue weighted by molar-refractivity contribution is 5.96. The van der Waals surface area contributed by atoms with Crippen LogP contribution in [0.5, 0.6) is 0 Å². The molecular formula is C23H26FN3O2. The summed E-state index contributed by atoms with van der Waals surface area (Å²) in [4.78, 5) is 29.5. The number of rotatable bonds is 6. The number of likely N-dealkylation sites (tertiary alicyclic amines) is 1. The lowest BCUT2D eigenvalue weighted by molar-refractivity contribution is -0.125. The summed E-state index contributed by atoms with van der Waals surface area (Å²) in [6.45, 7) is 3.05. The highest BCUT2D eigenvalue weighted by atomic mass is 18.2. The van der Waals surface area contributed by atoms with Gasteiger partial charge in [0.05, 0.1) is 6.67 Å². The molecule has 2 saturated heterocycles. The van der Waals surface area contributed by atoms with Crippen molar-refractivity contribution >= 4 is 17.4 Å². The van der Waals surface area contributed by atoms with Crippen LogP contribution < -0.4 is 10.2 Å². The summed E-state index contributed by atoms with van der Waals surface area (Å²) in [5.41, 5.74) is 1.16. The number of para-hydroxylation sites is 1. The molecule has 152 valence electrons. The molecule has 0 saturated carbocycles. The van der Waals surface area contributed by atoms with Crippen molar-refractivity contribution in [2.75, 3.05) is 31.2 Å². The van der Waals surface area contributed by atoms with Crippen molar-refractivity contribution in [1.29, 1.82) is 0 Å². The summed E-state index contributed by atoms with van der Waals surface area (Å²) in [5.74, 6) is -0.166. The average molecular weight is 394 g/mol. The number of hydrogen-bond donors (Lipinski definition) is 1. The Hall–Kier alpha value is -2.73. The number of Topliss-reactive ketones (excluding diaryl/α,β-unsaturated/α-hetero) is 1. The minimum absolute atomic E-state index is 0.0453. The lowest BCUT2D eigenvalue weighted by Crippen LogP contribution is -2.56. The lowest BCUT2D eigenvalue weighted by atomic mass is 9.85. The van der Waals surface area contributed by atoms with E-state index in [0.717, 1.165) is 44.6 Å². The number of carbonyl (C=O) groups is 2. The predicted molar refractivity (Wildman–Crippen MR) is 110 cm³/mol. The van der Waals surface area contributed by atoms with Gasteiger partial charge in [0.1, 0.15) is 11.4 Å². The van der Waals surface area contributed by atoms with Crippen LogP contribution in [0, 0.1) is 5.82 Å². The fourth-order valence-electron chi connectivity index (χ4n) is 4.42. The van der Waals surface area contributed by atoms with Crippen molar-refractivity contribution in [3.05, 3.63) is 66.0 Å². The molecule has 29 heavy (non-hydrogen) atoms. The smallest absolute Gasteiger partial charge is 0.247 e. The highest BCUT2D eigenvalue weighted by Gasteiger charge is 2.50. The number of halogens is 1. The first kappa shape index (κ1) is 19.6. The number of anilines is 1. The van der Waals surface area contributed by atoms with Crippen LogP contribution in [0.25, 0.3) is 0 Å². The fraction of sp³-hybridized carbons (Fsp3) is 0.391. The van der Waals surface area contributed by atoms with E-state index >= 15 is 0 Å². The second-order valence-corrected chi connectivity index (χ2v) is 7.83. The zero-order valence-corrected chi connectivity index (χ0v) is 16.4. The van der Waals surface area contributed by atoms with Gasteiger partial charge in [-0.3, -0.25) is 9.59 Å². The van der Waals surface area contributed by atoms with Gasteiger partial charge >= 0.3 is 0 Å². The summed E-state index contributed by atoms with van der Waals surface area (Å²) in [6, 6.07) is 15.8. The maximum absolute atomic E-state index is 13.0. The van der Waals surface area contributed by atoms with Gasteiger partial charge in [0.25, 0.3) is 0 Å². The van der Waals surface area contributed by atoms with E-state index in [2.05, 4.69) is 27.2 Å². The monoisotopic (exact) mass is 394 g/mol. The van der Waals surface area contributed by atoms with Gasteiger partial charge in [0, 0.05) is 30.8 Å². The summed E-state index contributed by atoms with van der Waals surface area (Å²) in [7, 11) is 0. The topological polar surface area (TPSA) is 52.7 Å². The minimum atomic E-state index is -0.470. The van der Waals surface area contributed by atoms with E-state index in [1.807, 2.05) is 18.2 Å². The van der Waals surface area contributed by atoms with Gasteiger partial charge in [-0.25, -0.2) is 4.39 Å². The molecule has 2 aromatic rings. The quantitative estimate of drug-likeness (QED) is 0.765. The molecule has 2 aromatic carbocycles. The van der Waals surface area contributed by atoms with Crippen LogP contribution in [0.15, 0.2) is 54.6 Å². The first-order chi connectivity index (χ1) is 14.1. The second-order valence-electron chi connectivity index (χ2n) is 7.83. The molecule has 1 N–H and O–H groups in total. The van der Waals surface area contributed by atoms with E-state index in [-0.39, 0.29) is 17.5 Å². The number of amides is 1. The van der Waals surface area contributed by atoms with E-state index in [9.17, 15) is 14.0 Å². The molecule has 1 spiro atoms. The average Bonchev–Trinajstić information content (AvgIpc) is 3.06. The number of benzene rings is 2. The van der Waals surface area contributed by atoms with Crippen molar-refractivity contribution in [2.45, 2.75) is 31.2 Å². The molecule has 4 rings (SSSR count). The molecule has 0 bridgehead atoms. The van der Waals surface area contributed by atoms with Crippen molar-refractivity contribution in [1.82, 2.24) is 10.2 Å². The number of nitrogens with zero attached hydrogens (tertiary/aromatic N) is 2. The number of nitrogens with one attached hydrogen (secondary N) is 1. The predicted octanol–water partition coefficient (Wildman–Crippen LogP) is 3.22. The third kappa shape index (κ3) is 4.03. The van der Waals surface area contributed by atoms with Crippen LogP contribution in [0.3, 0.4) is 0 Å². The van der Waals surface area contributed by atoms with E-state index in [1.165, 1.54) is 12.1 Å². The Balaban J connectivity index is 1.30. The van der Waals surface area contributed by atoms with Crippen molar-refractivity contribution in [3.8, 4) is 0 Å². The maximum Gasteiger partial charge on any atom is 0.247 e. The van der Waals surface area contributed by atoms with Gasteiger partial charge in [0.15, 0.2) is 5.78 Å². The molecular weight excluding hydrogens is 368 g/mol. The third-order valence-corrected chi connectivity index (χ3v) is 6.13. The minimum Gasteiger partial charge on any atom is -0.339 e. The van der Waals surface area contributed by atoms with Crippen molar-refractivity contribution in [2.24, 2.45) is 0 Å². The molecule has 0 unspecified atom stereocenters. The number of piperidine rings is 1. The Labute approximate surface area is 170 Å². The normalized spacial score (nSPS) is 18.8. The standard InChI is InChI=1S/C23H26FN3O2/c24-19-10-8-18(9-11-19)21(28)7-4-14-26-15-12-23(13-16-26)22(29)25-17-27(23)20-5-2-1-3-6-20/h1-3,5-6,8-11H,4,7,12-17H2,(H,25,29)/i24-1. The van der Waals surface area contributed by atoms with Gasteiger partial charge in [-0.05, 0) is 62.2 Å². The van der Waals surface area contributed by atoms with Crippen LogP contribution >= 0.6 is 0 Å². The van der Waals surface area contributed by atoms with E-state index < -0.39 is 5.54 Å². The number of carbonyl (C=O) groups excluding carboxylic acids is 2. The van der Waals surface area contributed by atoms with Crippen molar-refractivity contribution < 1.29 is 14.0 Å². The molecule has 1 amide bonds. The molecule has 0 aromatic heterocycles. The van der Waals surface area contributed by atoms with Gasteiger partial charge < -0.3 is 15.1 Å². The Kier molecular flexibility index (Phi) is 5.62. The molecule has 0 radical (unpaired) electrons. The summed E-state index contributed by atoms with van der Waals surface area (Å²) in [5, 5.41) is 3.02. The SMILES string of the molecule is O=C(CCCN1CCC2(CC1)C(=O)NCN2c1ccccc1)c1ccc([18F])cc1. The van der Waals surface area contributed by atoms with Crippen molar-refractivity contribution in [3.63, 3.8) is 0 Å². The van der Waals surface area contributed by atoms with E-state index in [0.29, 0.717) is 18.7 Å². The maximum atomic E-state index is 13.0. The fourth-order valence-corrected chi connectivity index (χ4v) is 4.42. The van der Waals surface area contributed by atoms with Crippen LogP contribution in [-0.4, -0.2) is 48.4 Å². The Morgan fingerprint density at radius 1 is 1.03 bits per heavy atom. The Morgan fingerprint density at radius 3 is 2.41 bits per heavy atom. The molecule has 6 heteroatoms. The van der Waals surface area contributed by atoms with Crippen LogP contribution in [0.1, 0.15) is 36.0 Å². The van der Waals surface area contributed by atoms with Crippen LogP contribution in [0.4, 0.5) is 10.1 Å². The first-order valence-corrected chi connectivity index (χ1v) is 10.2. The summed E-state index contributed by atoms with van der Waals surface area (Å²) < 4.78 is 13.0. The second kappa shape index (κ2) is 8.33. The number of hydrogen-bond acceptors (Lipinski definition) is 4. The van der Waals surface area contributed by atoms with Gasteiger partial charge in [-0.2, -0.15) is 0 Å². The molecule has 2 aliphatic rings. The highest BCUT2D eigenvalue weighted by Crippen LogP contribution is 2.36. The zero-order valence-electron chi connectivity index (χ0n) is 16.4. The summed E-state index contributed by atoms with van der Waals surface area (Å²) >= 11 is 0. The van der Waals surface area contributed by atoms with Crippen LogP contribution in [0.2, 0.25) is 0 Å². The zero-order chi connectivity index (χ0) is 20.3. The molecule has 0 atom stereocenters. The van der Waals surface area contributed by atoms with E-state index in [4.69, 9.17) is 0 Å². The third-order valence-electron chi connectivity index (χ3n) is 6.13. The largest absolute Gasteiger partial charge is 0.339 e. The van der Waals surface area contributed by atoms with Gasteiger partial charge in [-0.1, -0.05) is 18.2 Å². The Bertz CT molecular complexity index is 861. The first-order valence-electron chi connectivity index (χ1n) is 10.2. The number of ketones is 1. The molecule has 0 aliphatic carbocycles. The van der Waals surface area contributed by atoms with Gasteiger partial charge in [-0.15, -0.1) is 0 Å². The lowest BCUT2D eigenvalue weighted by Gasteiger charge is -2.43. The van der Waals surface area contributed by atoms with Crippen LogP contribution in [-0.2, 0) is 4.79 Å². The molecule has 2 fully saturated rings. The molecule has 2 heterocycles. The summed E-state index contributed by atoms with van der Waals surface area (Å²) in [6.07, 6.45) is 2.76. The molecule has 5 nitrogen and oxygen atoms in total. The Morgan fingerprint density at radius 2 is 1.72 bits per heavy atom. The molecule has 2 aliphatic heterocycles. The van der Waals surface area contributed by atoms with Gasteiger partial charge in [0.2, 0.25) is 5.91 Å².